The Kier molecular flexibility index (Phi) is 15.8. The minimum atomic E-state index is 0.586. The van der Waals surface area contributed by atoms with Crippen LogP contribution in [0.4, 0.5) is 0 Å². The molecule has 1 heterocycles. The molecule has 10 nitrogen and oxygen atoms in total. The van der Waals surface area contributed by atoms with Gasteiger partial charge in [0.2, 0.25) is 5.89 Å². The Bertz CT molecular complexity index is 1150. The third-order valence-electron chi connectivity index (χ3n) is 6.97. The molecule has 0 spiro atoms. The Morgan fingerprint density at radius 1 is 0.581 bits per heavy atom. The van der Waals surface area contributed by atoms with Crippen molar-refractivity contribution in [3.05, 3.63) is 42.5 Å². The molecule has 10 heteroatoms. The zero-order valence-electron chi connectivity index (χ0n) is 27.2. The Hall–Kier alpha value is -2.73. The summed E-state index contributed by atoms with van der Waals surface area (Å²) in [7, 11) is 12.4. The second-order valence-corrected chi connectivity index (χ2v) is 11.5. The maximum absolute atomic E-state index is 6.07. The predicted molar refractivity (Wildman–Crippen MR) is 173 cm³/mol. The number of rotatable bonds is 23. The number of benzene rings is 2. The molecule has 1 aromatic heterocycles. The van der Waals surface area contributed by atoms with Crippen LogP contribution in [0.15, 0.2) is 46.9 Å². The topological polar surface area (TPSA) is 75.9 Å². The largest absolute Gasteiger partial charge is 0.494 e. The van der Waals surface area contributed by atoms with E-state index in [1.165, 1.54) is 0 Å². The number of likely N-dealkylation sites (N-methyl/N-ethyl adjacent to an activating group) is 4. The molecule has 0 amide bonds. The van der Waals surface area contributed by atoms with Crippen LogP contribution in [0.2, 0.25) is 0 Å². The standard InChI is InChI=1S/C33H53N5O5/c1-35(2)17-23-39-25-19-37(5)15-7-21-41-29-11-9-28(10-12-29)33-34-31-14-13-30(27-32(31)43-33)42-22-8-16-38(6)20-26-40-24-18-36(3)4/h9-14,27H,7-8,15-26H2,1-6H3. The monoisotopic (exact) mass is 599 g/mol. The fourth-order valence-electron chi connectivity index (χ4n) is 4.22. The summed E-state index contributed by atoms with van der Waals surface area (Å²) in [6, 6.07) is 13.7. The zero-order chi connectivity index (χ0) is 30.9. The molecule has 0 aliphatic heterocycles. The van der Waals surface area contributed by atoms with Crippen LogP contribution in [0, 0.1) is 0 Å². The summed E-state index contributed by atoms with van der Waals surface area (Å²) in [6.45, 7) is 10.0. The summed E-state index contributed by atoms with van der Waals surface area (Å²) in [5.41, 5.74) is 2.43. The molecule has 0 radical (unpaired) electrons. The van der Waals surface area contributed by atoms with Crippen molar-refractivity contribution in [2.24, 2.45) is 0 Å². The first-order valence-electron chi connectivity index (χ1n) is 15.4. The van der Waals surface area contributed by atoms with Crippen molar-refractivity contribution in [2.45, 2.75) is 12.8 Å². The number of hydrogen-bond donors (Lipinski definition) is 0. The molecule has 0 aliphatic rings. The van der Waals surface area contributed by atoms with Gasteiger partial charge < -0.3 is 43.0 Å². The van der Waals surface area contributed by atoms with E-state index in [2.05, 4.69) is 66.9 Å². The maximum atomic E-state index is 6.07. The number of ether oxygens (including phenoxy) is 4. The predicted octanol–water partition coefficient (Wildman–Crippen LogP) is 4.05. The van der Waals surface area contributed by atoms with Gasteiger partial charge in [0, 0.05) is 50.9 Å². The van der Waals surface area contributed by atoms with E-state index in [1.807, 2.05) is 42.5 Å². The van der Waals surface area contributed by atoms with Gasteiger partial charge in [0.05, 0.1) is 39.6 Å². The SMILES string of the molecule is CN(C)CCOCCN(C)CCCOc1ccc(-c2nc3ccc(OCCCN(C)CCOCCN(C)C)cc3o2)cc1. The summed E-state index contributed by atoms with van der Waals surface area (Å²) < 4.78 is 29.3. The lowest BCUT2D eigenvalue weighted by Gasteiger charge is -2.17. The fourth-order valence-corrected chi connectivity index (χ4v) is 4.22. The highest BCUT2D eigenvalue weighted by atomic mass is 16.5. The lowest BCUT2D eigenvalue weighted by molar-refractivity contribution is 0.0974. The van der Waals surface area contributed by atoms with Crippen molar-refractivity contribution in [2.75, 3.05) is 121 Å². The first-order valence-corrected chi connectivity index (χ1v) is 15.4. The van der Waals surface area contributed by atoms with Crippen molar-refractivity contribution < 1.29 is 23.4 Å². The van der Waals surface area contributed by atoms with Crippen LogP contribution < -0.4 is 9.47 Å². The highest BCUT2D eigenvalue weighted by molar-refractivity contribution is 5.77. The molecule has 0 bridgehead atoms. The quantitative estimate of drug-likeness (QED) is 0.149. The lowest BCUT2D eigenvalue weighted by Crippen LogP contribution is -2.26. The summed E-state index contributed by atoms with van der Waals surface area (Å²) >= 11 is 0. The molecule has 0 atom stereocenters. The molecule has 0 aliphatic carbocycles. The van der Waals surface area contributed by atoms with E-state index >= 15 is 0 Å². The normalized spacial score (nSPS) is 12.0. The van der Waals surface area contributed by atoms with Gasteiger partial charge in [-0.3, -0.25) is 0 Å². The Morgan fingerprint density at radius 2 is 1.09 bits per heavy atom. The summed E-state index contributed by atoms with van der Waals surface area (Å²) in [6.07, 6.45) is 1.89. The number of nitrogens with zero attached hydrogens (tertiary/aromatic N) is 5. The van der Waals surface area contributed by atoms with Crippen molar-refractivity contribution >= 4 is 11.1 Å². The van der Waals surface area contributed by atoms with E-state index < -0.39 is 0 Å². The van der Waals surface area contributed by atoms with E-state index in [-0.39, 0.29) is 0 Å². The van der Waals surface area contributed by atoms with Crippen LogP contribution in [-0.4, -0.2) is 146 Å². The highest BCUT2D eigenvalue weighted by Gasteiger charge is 2.10. The Labute approximate surface area is 258 Å². The number of hydrogen-bond acceptors (Lipinski definition) is 10. The van der Waals surface area contributed by atoms with Gasteiger partial charge in [0.1, 0.15) is 17.0 Å². The van der Waals surface area contributed by atoms with Crippen LogP contribution in [0.3, 0.4) is 0 Å². The minimum absolute atomic E-state index is 0.586. The average Bonchev–Trinajstić information content (AvgIpc) is 3.41. The lowest BCUT2D eigenvalue weighted by atomic mass is 10.2. The van der Waals surface area contributed by atoms with Crippen LogP contribution >= 0.6 is 0 Å². The minimum Gasteiger partial charge on any atom is -0.494 e. The van der Waals surface area contributed by atoms with Gasteiger partial charge in [-0.1, -0.05) is 0 Å². The maximum Gasteiger partial charge on any atom is 0.227 e. The summed E-state index contributed by atoms with van der Waals surface area (Å²) in [5.74, 6) is 2.21. The molecule has 0 unspecified atom stereocenters. The van der Waals surface area contributed by atoms with Gasteiger partial charge in [0.15, 0.2) is 5.58 Å². The van der Waals surface area contributed by atoms with E-state index in [0.717, 1.165) is 101 Å². The molecule has 0 N–H and O–H groups in total. The number of aromatic nitrogens is 1. The van der Waals surface area contributed by atoms with Gasteiger partial charge >= 0.3 is 0 Å². The molecule has 3 rings (SSSR count). The molecular formula is C33H53N5O5. The second kappa shape index (κ2) is 19.5. The average molecular weight is 600 g/mol. The van der Waals surface area contributed by atoms with Crippen LogP contribution in [0.5, 0.6) is 11.5 Å². The molecule has 43 heavy (non-hydrogen) atoms. The second-order valence-electron chi connectivity index (χ2n) is 11.5. The third-order valence-corrected chi connectivity index (χ3v) is 6.97. The Balaban J connectivity index is 1.34. The van der Waals surface area contributed by atoms with Crippen LogP contribution in [0.1, 0.15) is 12.8 Å². The first kappa shape index (κ1) is 34.8. The van der Waals surface area contributed by atoms with Gasteiger partial charge in [-0.25, -0.2) is 4.98 Å². The molecule has 240 valence electrons. The highest BCUT2D eigenvalue weighted by Crippen LogP contribution is 2.28. The van der Waals surface area contributed by atoms with E-state index in [0.29, 0.717) is 24.7 Å². The number of fused-ring (bicyclic) bond motifs is 1. The van der Waals surface area contributed by atoms with E-state index in [9.17, 15) is 0 Å². The number of oxazole rings is 1. The molecule has 0 fully saturated rings. The van der Waals surface area contributed by atoms with Gasteiger partial charge in [-0.2, -0.15) is 0 Å². The first-order chi connectivity index (χ1) is 20.8. The van der Waals surface area contributed by atoms with Crippen molar-refractivity contribution in [1.29, 1.82) is 0 Å². The zero-order valence-corrected chi connectivity index (χ0v) is 27.2. The van der Waals surface area contributed by atoms with E-state index in [1.54, 1.807) is 0 Å². The molecular weight excluding hydrogens is 546 g/mol. The summed E-state index contributed by atoms with van der Waals surface area (Å²) in [5, 5.41) is 0. The third kappa shape index (κ3) is 14.1. The summed E-state index contributed by atoms with van der Waals surface area (Å²) in [4.78, 5) is 13.5. The van der Waals surface area contributed by atoms with Crippen molar-refractivity contribution in [1.82, 2.24) is 24.6 Å². The van der Waals surface area contributed by atoms with Gasteiger partial charge in [0.25, 0.3) is 0 Å². The smallest absolute Gasteiger partial charge is 0.227 e. The van der Waals surface area contributed by atoms with Crippen molar-refractivity contribution in [3.8, 4) is 23.0 Å². The van der Waals surface area contributed by atoms with Gasteiger partial charge in [-0.05, 0) is 91.5 Å². The molecule has 2 aromatic carbocycles. The van der Waals surface area contributed by atoms with Crippen LogP contribution in [0.25, 0.3) is 22.6 Å². The molecule has 0 saturated carbocycles. The van der Waals surface area contributed by atoms with E-state index in [4.69, 9.17) is 23.4 Å². The van der Waals surface area contributed by atoms with Crippen molar-refractivity contribution in [3.63, 3.8) is 0 Å². The fraction of sp³-hybridized carbons (Fsp3) is 0.606. The Morgan fingerprint density at radius 3 is 1.65 bits per heavy atom. The van der Waals surface area contributed by atoms with Crippen LogP contribution in [-0.2, 0) is 9.47 Å². The molecule has 0 saturated heterocycles. The molecule has 3 aromatic rings. The van der Waals surface area contributed by atoms with Gasteiger partial charge in [-0.15, -0.1) is 0 Å².